The Hall–Kier alpha value is -0.0400. The largest absolute Gasteiger partial charge is 0.236 e. The van der Waals surface area contributed by atoms with Crippen LogP contribution in [-0.2, 0) is 5.11 Å². The average molecular weight is 97.1 g/mol. The van der Waals surface area contributed by atoms with Crippen molar-refractivity contribution in [3.05, 3.63) is 0 Å². The standard InChI is InChI=1S/C6H9O/c7-4-5-3-6(5)1-2-6/h5H,1-4H2. The van der Waals surface area contributed by atoms with Crippen LogP contribution in [0.2, 0.25) is 0 Å². The van der Waals surface area contributed by atoms with Crippen molar-refractivity contribution in [2.24, 2.45) is 11.3 Å². The Kier molecular flexibility index (Phi) is 0.487. The van der Waals surface area contributed by atoms with Crippen LogP contribution in [0.4, 0.5) is 0 Å². The van der Waals surface area contributed by atoms with Crippen molar-refractivity contribution in [2.75, 3.05) is 6.61 Å². The predicted molar refractivity (Wildman–Crippen MR) is 25.3 cm³/mol. The van der Waals surface area contributed by atoms with Crippen LogP contribution < -0.4 is 0 Å². The molecule has 39 valence electrons. The van der Waals surface area contributed by atoms with Crippen molar-refractivity contribution in [1.29, 1.82) is 0 Å². The lowest BCUT2D eigenvalue weighted by Crippen LogP contribution is -1.83. The highest BCUT2D eigenvalue weighted by molar-refractivity contribution is 5.11. The maximum absolute atomic E-state index is 10.1. The third-order valence-electron chi connectivity index (χ3n) is 2.45. The van der Waals surface area contributed by atoms with Crippen molar-refractivity contribution in [3.8, 4) is 0 Å². The topological polar surface area (TPSA) is 19.9 Å². The molecule has 2 aliphatic rings. The summed E-state index contributed by atoms with van der Waals surface area (Å²) in [5, 5.41) is 10.1. The van der Waals surface area contributed by atoms with Gasteiger partial charge in [-0.25, -0.2) is 5.11 Å². The molecule has 1 radical (unpaired) electrons. The van der Waals surface area contributed by atoms with Crippen molar-refractivity contribution < 1.29 is 5.11 Å². The minimum absolute atomic E-state index is 0.194. The van der Waals surface area contributed by atoms with E-state index in [1.54, 1.807) is 0 Å². The third kappa shape index (κ3) is 0.367. The molecular weight excluding hydrogens is 88.1 g/mol. The summed E-state index contributed by atoms with van der Waals surface area (Å²) in [5.41, 5.74) is 0.655. The lowest BCUT2D eigenvalue weighted by molar-refractivity contribution is 0.172. The summed E-state index contributed by atoms with van der Waals surface area (Å²) in [6.07, 6.45) is 3.98. The molecule has 0 bridgehead atoms. The molecule has 0 N–H and O–H groups in total. The van der Waals surface area contributed by atoms with Gasteiger partial charge in [0.25, 0.3) is 0 Å². The van der Waals surface area contributed by atoms with Crippen LogP contribution in [0.3, 0.4) is 0 Å². The second-order valence-corrected chi connectivity index (χ2v) is 2.93. The van der Waals surface area contributed by atoms with Crippen LogP contribution in [0.5, 0.6) is 0 Å². The number of rotatable bonds is 1. The Balaban J connectivity index is 1.97. The molecule has 0 heterocycles. The summed E-state index contributed by atoms with van der Waals surface area (Å²) in [4.78, 5) is 0. The zero-order valence-corrected chi connectivity index (χ0v) is 4.31. The summed E-state index contributed by atoms with van der Waals surface area (Å²) >= 11 is 0. The van der Waals surface area contributed by atoms with Gasteiger partial charge in [0.2, 0.25) is 0 Å². The first-order valence-corrected chi connectivity index (χ1v) is 2.95. The highest BCUT2D eigenvalue weighted by Crippen LogP contribution is 2.70. The van der Waals surface area contributed by atoms with Gasteiger partial charge in [-0.15, -0.1) is 0 Å². The summed E-state index contributed by atoms with van der Waals surface area (Å²) in [6.45, 7) is 0.194. The van der Waals surface area contributed by atoms with Crippen molar-refractivity contribution in [3.63, 3.8) is 0 Å². The lowest BCUT2D eigenvalue weighted by Gasteiger charge is -1.79. The maximum Gasteiger partial charge on any atom is 0.0856 e. The SMILES string of the molecule is [O]CC1CC12CC2. The Morgan fingerprint density at radius 3 is 2.43 bits per heavy atom. The maximum atomic E-state index is 10.1. The average Bonchev–Trinajstić information content (AvgIpc) is 2.52. The third-order valence-corrected chi connectivity index (χ3v) is 2.45. The Morgan fingerprint density at radius 2 is 2.29 bits per heavy atom. The second-order valence-electron chi connectivity index (χ2n) is 2.93. The molecule has 2 fully saturated rings. The van der Waals surface area contributed by atoms with E-state index in [9.17, 15) is 5.11 Å². The molecule has 0 aliphatic heterocycles. The second kappa shape index (κ2) is 0.873. The number of hydrogen-bond acceptors (Lipinski definition) is 0. The zero-order valence-electron chi connectivity index (χ0n) is 4.31. The Bertz CT molecular complexity index is 94.4. The Labute approximate surface area is 43.3 Å². The van der Waals surface area contributed by atoms with E-state index in [-0.39, 0.29) is 6.61 Å². The summed E-state index contributed by atoms with van der Waals surface area (Å²) < 4.78 is 0. The molecule has 1 atom stereocenters. The molecule has 7 heavy (non-hydrogen) atoms. The first-order valence-electron chi connectivity index (χ1n) is 2.95. The fourth-order valence-electron chi connectivity index (χ4n) is 1.44. The highest BCUT2D eigenvalue weighted by atomic mass is 16.3. The van der Waals surface area contributed by atoms with Gasteiger partial charge in [-0.05, 0) is 30.6 Å². The molecule has 0 aromatic rings. The van der Waals surface area contributed by atoms with Crippen LogP contribution >= 0.6 is 0 Å². The molecule has 1 nitrogen and oxygen atoms in total. The van der Waals surface area contributed by atoms with E-state index < -0.39 is 0 Å². The van der Waals surface area contributed by atoms with E-state index in [1.165, 1.54) is 19.3 Å². The lowest BCUT2D eigenvalue weighted by atomic mass is 10.3. The van der Waals surface area contributed by atoms with Gasteiger partial charge in [-0.2, -0.15) is 0 Å². The first-order chi connectivity index (χ1) is 3.37. The molecule has 1 heteroatoms. The van der Waals surface area contributed by atoms with Gasteiger partial charge in [-0.3, -0.25) is 0 Å². The molecule has 2 aliphatic carbocycles. The summed E-state index contributed by atoms with van der Waals surface area (Å²) in [6, 6.07) is 0. The van der Waals surface area contributed by atoms with Crippen molar-refractivity contribution >= 4 is 0 Å². The molecule has 2 saturated carbocycles. The quantitative estimate of drug-likeness (QED) is 0.469. The van der Waals surface area contributed by atoms with Gasteiger partial charge in [0, 0.05) is 0 Å². The summed E-state index contributed by atoms with van der Waals surface area (Å²) in [5.74, 6) is 0.604. The summed E-state index contributed by atoms with van der Waals surface area (Å²) in [7, 11) is 0. The normalized spacial score (nSPS) is 41.6. The van der Waals surface area contributed by atoms with Crippen LogP contribution in [0.1, 0.15) is 19.3 Å². The van der Waals surface area contributed by atoms with E-state index in [0.29, 0.717) is 11.3 Å². The van der Waals surface area contributed by atoms with Crippen LogP contribution in [0.15, 0.2) is 0 Å². The van der Waals surface area contributed by atoms with E-state index in [4.69, 9.17) is 0 Å². The van der Waals surface area contributed by atoms with E-state index in [2.05, 4.69) is 0 Å². The van der Waals surface area contributed by atoms with Gasteiger partial charge in [-0.1, -0.05) is 0 Å². The fraction of sp³-hybridized carbons (Fsp3) is 1.00. The van der Waals surface area contributed by atoms with E-state index >= 15 is 0 Å². The number of hydrogen-bond donors (Lipinski definition) is 0. The predicted octanol–water partition coefficient (Wildman–Crippen LogP) is 1.22. The minimum Gasteiger partial charge on any atom is -0.236 e. The molecule has 1 spiro atoms. The van der Waals surface area contributed by atoms with Crippen molar-refractivity contribution in [2.45, 2.75) is 19.3 Å². The molecule has 1 unspecified atom stereocenters. The highest BCUT2D eigenvalue weighted by Gasteiger charge is 2.62. The smallest absolute Gasteiger partial charge is 0.0856 e. The van der Waals surface area contributed by atoms with Crippen LogP contribution in [0.25, 0.3) is 0 Å². The van der Waals surface area contributed by atoms with Gasteiger partial charge >= 0.3 is 0 Å². The first kappa shape index (κ1) is 3.90. The zero-order chi connectivity index (χ0) is 4.91. The fourth-order valence-corrected chi connectivity index (χ4v) is 1.44. The Morgan fingerprint density at radius 1 is 1.57 bits per heavy atom. The monoisotopic (exact) mass is 97.1 g/mol. The van der Waals surface area contributed by atoms with Gasteiger partial charge < -0.3 is 0 Å². The van der Waals surface area contributed by atoms with Crippen molar-refractivity contribution in [1.82, 2.24) is 0 Å². The molecule has 0 saturated heterocycles. The molecule has 0 aromatic heterocycles. The molecule has 2 rings (SSSR count). The molecule has 0 amide bonds. The van der Waals surface area contributed by atoms with Crippen LogP contribution in [-0.4, -0.2) is 6.61 Å². The van der Waals surface area contributed by atoms with Gasteiger partial charge in [0.15, 0.2) is 0 Å². The molecule has 0 aromatic carbocycles. The van der Waals surface area contributed by atoms with Gasteiger partial charge in [0.05, 0.1) is 6.61 Å². The molecular formula is C6H9O. The van der Waals surface area contributed by atoms with Crippen LogP contribution in [0, 0.1) is 11.3 Å². The van der Waals surface area contributed by atoms with Gasteiger partial charge in [0.1, 0.15) is 0 Å². The van der Waals surface area contributed by atoms with E-state index in [0.717, 1.165) is 0 Å². The minimum atomic E-state index is 0.194. The van der Waals surface area contributed by atoms with E-state index in [1.807, 2.05) is 0 Å².